The van der Waals surface area contributed by atoms with Gasteiger partial charge in [0.25, 0.3) is 0 Å². The minimum Gasteiger partial charge on any atom is -0.388 e. The lowest BCUT2D eigenvalue weighted by Crippen LogP contribution is -2.44. The van der Waals surface area contributed by atoms with Gasteiger partial charge in [0, 0.05) is 0 Å². The Labute approximate surface area is 209 Å². The molecule has 0 unspecified atom stereocenters. The monoisotopic (exact) mass is 487 g/mol. The number of aliphatic hydroxyl groups is 3. The van der Waals surface area contributed by atoms with Crippen molar-refractivity contribution >= 4 is 60.1 Å². The molecule has 0 amide bonds. The van der Waals surface area contributed by atoms with Gasteiger partial charge in [0.2, 0.25) is 0 Å². The van der Waals surface area contributed by atoms with Crippen molar-refractivity contribution in [2.45, 2.75) is 24.4 Å². The number of nitrogens with two attached hydrogens (primary N) is 1. The smallest absolute Gasteiger partial charge is 0.182 e. The highest BCUT2D eigenvalue weighted by Crippen LogP contribution is 2.50. The van der Waals surface area contributed by atoms with Crippen LogP contribution < -0.4 is 5.73 Å². The zero-order valence-corrected chi connectivity index (χ0v) is 19.4. The third kappa shape index (κ3) is 2.54. The molecule has 2 aromatic heterocycles. The topological polar surface area (TPSA) is 130 Å². The predicted molar refractivity (Wildman–Crippen MR) is 142 cm³/mol. The summed E-state index contributed by atoms with van der Waals surface area (Å²) in [5.74, 6) is 0.222. The number of benzene rings is 5. The molecule has 0 radical (unpaired) electrons. The Morgan fingerprint density at radius 3 is 2.35 bits per heavy atom. The Hall–Kier alpha value is -4.37. The average Bonchev–Trinajstić information content (AvgIpc) is 3.36. The first-order chi connectivity index (χ1) is 18.0. The molecule has 4 atom stereocenters. The number of hydrogen-bond donors (Lipinski definition) is 4. The molecule has 1 aliphatic carbocycles. The van der Waals surface area contributed by atoms with Crippen molar-refractivity contribution in [2.75, 3.05) is 5.73 Å². The first-order valence-corrected chi connectivity index (χ1v) is 12.1. The van der Waals surface area contributed by atoms with Gasteiger partial charge < -0.3 is 25.6 Å². The van der Waals surface area contributed by atoms with Gasteiger partial charge in [0.15, 0.2) is 11.5 Å². The zero-order chi connectivity index (χ0) is 25.0. The van der Waals surface area contributed by atoms with Crippen molar-refractivity contribution < 1.29 is 15.3 Å². The molecule has 180 valence electrons. The molecule has 8 heteroatoms. The van der Waals surface area contributed by atoms with E-state index in [9.17, 15) is 15.3 Å². The van der Waals surface area contributed by atoms with Crippen LogP contribution in [0.5, 0.6) is 0 Å². The second-order valence-electron chi connectivity index (χ2n) is 9.82. The summed E-state index contributed by atoms with van der Waals surface area (Å²) < 4.78 is 1.73. The SMILES string of the molecule is Nc1ncnc2ncn([C@@H]3c4c(cc5ccc6cccc7c8ccccc8c4c5c67)[C@@H](O)[C@H](O)[C@H]3O)c12. The van der Waals surface area contributed by atoms with Crippen LogP contribution >= 0.6 is 0 Å². The molecular formula is C29H21N5O3. The third-order valence-corrected chi connectivity index (χ3v) is 8.01. The lowest BCUT2D eigenvalue weighted by atomic mass is 9.76. The lowest BCUT2D eigenvalue weighted by Gasteiger charge is -2.39. The summed E-state index contributed by atoms with van der Waals surface area (Å²) in [6.45, 7) is 0. The van der Waals surface area contributed by atoms with Gasteiger partial charge in [-0.2, -0.15) is 0 Å². The van der Waals surface area contributed by atoms with E-state index in [4.69, 9.17) is 5.73 Å². The standard InChI is InChI=1S/C29H21N5O3/c30-28-24-29(32-11-31-28)33-12-34(24)23-22-18(25(35)27(37)26(23)36)10-14-9-8-13-4-3-7-16-15-5-1-2-6-17(15)21(22)20(14)19(13)16/h1-12,23,25-27,35-37H,(H2,30,31,32)/t23-,25-,26+,27+/m1/s1. The molecule has 8 nitrogen and oxygen atoms in total. The number of aromatic nitrogens is 4. The maximum Gasteiger partial charge on any atom is 0.182 e. The third-order valence-electron chi connectivity index (χ3n) is 8.01. The second kappa shape index (κ2) is 7.10. The van der Waals surface area contributed by atoms with Crippen LogP contribution in [0.1, 0.15) is 23.3 Å². The molecule has 1 aliphatic rings. The molecule has 0 saturated carbocycles. The van der Waals surface area contributed by atoms with Gasteiger partial charge in [0.1, 0.15) is 30.2 Å². The van der Waals surface area contributed by atoms with E-state index in [0.717, 1.165) is 48.7 Å². The van der Waals surface area contributed by atoms with Crippen molar-refractivity contribution in [1.82, 2.24) is 19.5 Å². The number of nitrogen functional groups attached to an aromatic ring is 1. The number of aliphatic hydroxyl groups excluding tert-OH is 3. The molecule has 7 aromatic rings. The van der Waals surface area contributed by atoms with Crippen molar-refractivity contribution in [1.29, 1.82) is 0 Å². The van der Waals surface area contributed by atoms with E-state index in [1.54, 1.807) is 10.9 Å². The van der Waals surface area contributed by atoms with Gasteiger partial charge in [0.05, 0.1) is 12.4 Å². The number of hydrogen-bond acceptors (Lipinski definition) is 7. The molecule has 0 bridgehead atoms. The number of rotatable bonds is 1. The quantitative estimate of drug-likeness (QED) is 0.205. The Bertz CT molecular complexity index is 2030. The highest BCUT2D eigenvalue weighted by Gasteiger charge is 2.44. The second-order valence-corrected chi connectivity index (χ2v) is 9.82. The van der Waals surface area contributed by atoms with E-state index < -0.39 is 24.4 Å². The molecule has 0 saturated heterocycles. The molecule has 8 rings (SSSR count). The fourth-order valence-electron chi connectivity index (χ4n) is 6.45. The van der Waals surface area contributed by atoms with E-state index >= 15 is 0 Å². The molecule has 0 fully saturated rings. The minimum atomic E-state index is -1.42. The Morgan fingerprint density at radius 1 is 0.730 bits per heavy atom. The highest BCUT2D eigenvalue weighted by molar-refractivity contribution is 6.34. The van der Waals surface area contributed by atoms with Crippen molar-refractivity contribution in [3.8, 4) is 0 Å². The van der Waals surface area contributed by atoms with Crippen LogP contribution in [0.2, 0.25) is 0 Å². The zero-order valence-electron chi connectivity index (χ0n) is 19.4. The van der Waals surface area contributed by atoms with Gasteiger partial charge in [-0.1, -0.05) is 54.6 Å². The van der Waals surface area contributed by atoms with E-state index in [1.807, 2.05) is 18.2 Å². The number of imidazole rings is 1. The minimum absolute atomic E-state index is 0.222. The summed E-state index contributed by atoms with van der Waals surface area (Å²) in [5, 5.41) is 42.2. The highest BCUT2D eigenvalue weighted by atomic mass is 16.4. The first kappa shape index (κ1) is 20.8. The normalized spacial score (nSPS) is 22.0. The van der Waals surface area contributed by atoms with Gasteiger partial charge in [-0.15, -0.1) is 0 Å². The summed E-state index contributed by atoms with van der Waals surface area (Å²) >= 11 is 0. The fourth-order valence-corrected chi connectivity index (χ4v) is 6.45. The van der Waals surface area contributed by atoms with Crippen LogP contribution in [0.25, 0.3) is 54.3 Å². The van der Waals surface area contributed by atoms with Crippen LogP contribution in [0, 0.1) is 0 Å². The predicted octanol–water partition coefficient (Wildman–Crippen LogP) is 3.82. The first-order valence-electron chi connectivity index (χ1n) is 12.1. The van der Waals surface area contributed by atoms with Crippen LogP contribution in [0.4, 0.5) is 5.82 Å². The summed E-state index contributed by atoms with van der Waals surface area (Å²) in [6.07, 6.45) is -1.11. The van der Waals surface area contributed by atoms with Crippen LogP contribution in [-0.4, -0.2) is 47.0 Å². The van der Waals surface area contributed by atoms with Crippen molar-refractivity contribution in [3.63, 3.8) is 0 Å². The molecule has 0 aliphatic heterocycles. The van der Waals surface area contributed by atoms with Gasteiger partial charge in [-0.05, 0) is 60.3 Å². The maximum atomic E-state index is 11.5. The molecule has 5 aromatic carbocycles. The van der Waals surface area contributed by atoms with Crippen molar-refractivity contribution in [2.24, 2.45) is 0 Å². The average molecular weight is 488 g/mol. The summed E-state index contributed by atoms with van der Waals surface area (Å²) in [6, 6.07) is 19.8. The van der Waals surface area contributed by atoms with Gasteiger partial charge in [-0.3, -0.25) is 0 Å². The molecule has 37 heavy (non-hydrogen) atoms. The summed E-state index contributed by atoms with van der Waals surface area (Å²) in [5.41, 5.74) is 8.41. The molecular weight excluding hydrogens is 466 g/mol. The maximum absolute atomic E-state index is 11.5. The lowest BCUT2D eigenvalue weighted by molar-refractivity contribution is -0.0833. The van der Waals surface area contributed by atoms with Crippen LogP contribution in [-0.2, 0) is 0 Å². The Morgan fingerprint density at radius 2 is 1.49 bits per heavy atom. The molecule has 0 spiro atoms. The van der Waals surface area contributed by atoms with E-state index in [1.165, 1.54) is 6.33 Å². The van der Waals surface area contributed by atoms with Gasteiger partial charge in [-0.25, -0.2) is 15.0 Å². The number of nitrogens with zero attached hydrogens (tertiary/aromatic N) is 4. The summed E-state index contributed by atoms with van der Waals surface area (Å²) in [7, 11) is 0. The van der Waals surface area contributed by atoms with E-state index in [2.05, 4.69) is 57.4 Å². The largest absolute Gasteiger partial charge is 0.388 e. The molecule has 2 heterocycles. The van der Waals surface area contributed by atoms with Crippen LogP contribution in [0.3, 0.4) is 0 Å². The van der Waals surface area contributed by atoms with Gasteiger partial charge >= 0.3 is 0 Å². The van der Waals surface area contributed by atoms with Crippen LogP contribution in [0.15, 0.2) is 73.3 Å². The van der Waals surface area contributed by atoms with Crippen molar-refractivity contribution in [3.05, 3.63) is 84.4 Å². The Balaban J connectivity index is 1.63. The molecule has 5 N–H and O–H groups in total. The number of anilines is 1. The fraction of sp³-hybridized carbons (Fsp3) is 0.138. The van der Waals surface area contributed by atoms with E-state index in [-0.39, 0.29) is 5.82 Å². The number of fused-ring (bicyclic) bond motifs is 6. The Kier molecular flexibility index (Phi) is 3.99. The summed E-state index contributed by atoms with van der Waals surface area (Å²) in [4.78, 5) is 12.8. The van der Waals surface area contributed by atoms with E-state index in [0.29, 0.717) is 16.7 Å².